The van der Waals surface area contributed by atoms with Crippen molar-refractivity contribution in [1.82, 2.24) is 0 Å². The van der Waals surface area contributed by atoms with E-state index in [2.05, 4.69) is 5.16 Å². The molecule has 0 bridgehead atoms. The van der Waals surface area contributed by atoms with E-state index in [1.165, 1.54) is 0 Å². The Morgan fingerprint density at radius 2 is 2.28 bits per heavy atom. The normalized spacial score (nSPS) is 16.5. The SMILES string of the molecule is CCCOC(=O)N1CC/C(=N/O)c2ccccc21. The molecule has 1 heterocycles. The molecule has 5 nitrogen and oxygen atoms in total. The van der Waals surface area contributed by atoms with E-state index in [-0.39, 0.29) is 6.09 Å². The van der Waals surface area contributed by atoms with E-state index >= 15 is 0 Å². The van der Waals surface area contributed by atoms with Gasteiger partial charge in [-0.05, 0) is 12.5 Å². The van der Waals surface area contributed by atoms with Crippen LogP contribution < -0.4 is 4.90 Å². The molecule has 0 saturated heterocycles. The van der Waals surface area contributed by atoms with Gasteiger partial charge < -0.3 is 9.94 Å². The van der Waals surface area contributed by atoms with Crippen molar-refractivity contribution >= 4 is 17.5 Å². The molecule has 5 heteroatoms. The highest BCUT2D eigenvalue weighted by Gasteiger charge is 2.26. The van der Waals surface area contributed by atoms with Crippen LogP contribution in [0.2, 0.25) is 0 Å². The third kappa shape index (κ3) is 2.30. The minimum absolute atomic E-state index is 0.346. The van der Waals surface area contributed by atoms with Crippen LogP contribution in [0, 0.1) is 0 Å². The first-order chi connectivity index (χ1) is 8.77. The number of nitrogens with zero attached hydrogens (tertiary/aromatic N) is 2. The van der Waals surface area contributed by atoms with Gasteiger partial charge in [-0.3, -0.25) is 4.90 Å². The molecule has 0 aliphatic carbocycles. The maximum Gasteiger partial charge on any atom is 0.414 e. The van der Waals surface area contributed by atoms with Crippen LogP contribution >= 0.6 is 0 Å². The summed E-state index contributed by atoms with van der Waals surface area (Å²) < 4.78 is 5.14. The first kappa shape index (κ1) is 12.4. The zero-order chi connectivity index (χ0) is 13.0. The van der Waals surface area contributed by atoms with Crippen molar-refractivity contribution in [2.75, 3.05) is 18.1 Å². The Kier molecular flexibility index (Phi) is 3.82. The number of ether oxygens (including phenoxy) is 1. The van der Waals surface area contributed by atoms with Gasteiger partial charge in [-0.15, -0.1) is 0 Å². The Labute approximate surface area is 106 Å². The molecule has 0 fully saturated rings. The number of oxime groups is 1. The number of rotatable bonds is 2. The highest BCUT2D eigenvalue weighted by atomic mass is 16.6. The van der Waals surface area contributed by atoms with Crippen LogP contribution in [-0.4, -0.2) is 30.2 Å². The van der Waals surface area contributed by atoms with Crippen molar-refractivity contribution in [2.45, 2.75) is 19.8 Å². The van der Waals surface area contributed by atoms with E-state index in [9.17, 15) is 4.79 Å². The maximum absolute atomic E-state index is 11.9. The second-order valence-corrected chi connectivity index (χ2v) is 4.08. The van der Waals surface area contributed by atoms with Gasteiger partial charge in [0.25, 0.3) is 0 Å². The molecule has 1 amide bonds. The Hall–Kier alpha value is -2.04. The number of carbonyl (C=O) groups is 1. The fourth-order valence-electron chi connectivity index (χ4n) is 1.99. The van der Waals surface area contributed by atoms with Crippen LogP contribution in [0.4, 0.5) is 10.5 Å². The summed E-state index contributed by atoms with van der Waals surface area (Å²) in [5, 5.41) is 12.2. The minimum Gasteiger partial charge on any atom is -0.449 e. The van der Waals surface area contributed by atoms with Crippen LogP contribution in [0.1, 0.15) is 25.3 Å². The zero-order valence-corrected chi connectivity index (χ0v) is 10.3. The van der Waals surface area contributed by atoms with Crippen LogP contribution in [0.25, 0.3) is 0 Å². The van der Waals surface area contributed by atoms with Gasteiger partial charge in [0, 0.05) is 18.5 Å². The highest BCUT2D eigenvalue weighted by molar-refractivity contribution is 6.10. The summed E-state index contributed by atoms with van der Waals surface area (Å²) in [5.74, 6) is 0. The Morgan fingerprint density at radius 1 is 1.50 bits per heavy atom. The molecule has 1 aromatic carbocycles. The third-order valence-electron chi connectivity index (χ3n) is 2.85. The third-order valence-corrected chi connectivity index (χ3v) is 2.85. The lowest BCUT2D eigenvalue weighted by Gasteiger charge is -2.28. The first-order valence-corrected chi connectivity index (χ1v) is 6.02. The van der Waals surface area contributed by atoms with Crippen molar-refractivity contribution < 1.29 is 14.7 Å². The summed E-state index contributed by atoms with van der Waals surface area (Å²) in [6.07, 6.45) is 0.973. The van der Waals surface area contributed by atoms with E-state index in [1.54, 1.807) is 4.90 Å². The average molecular weight is 248 g/mol. The molecular formula is C13H16N2O3. The van der Waals surface area contributed by atoms with E-state index < -0.39 is 0 Å². The Morgan fingerprint density at radius 3 is 3.00 bits per heavy atom. The Balaban J connectivity index is 2.28. The van der Waals surface area contributed by atoms with Crippen LogP contribution in [0.5, 0.6) is 0 Å². The van der Waals surface area contributed by atoms with Gasteiger partial charge >= 0.3 is 6.09 Å². The van der Waals surface area contributed by atoms with Gasteiger partial charge in [-0.2, -0.15) is 0 Å². The summed E-state index contributed by atoms with van der Waals surface area (Å²) in [7, 11) is 0. The van der Waals surface area contributed by atoms with Gasteiger partial charge in [0.05, 0.1) is 18.0 Å². The molecule has 96 valence electrons. The smallest absolute Gasteiger partial charge is 0.414 e. The Bertz CT molecular complexity index is 471. The number of hydrogen-bond donors (Lipinski definition) is 1. The van der Waals surface area contributed by atoms with E-state index in [0.717, 1.165) is 17.7 Å². The molecule has 1 aromatic rings. The van der Waals surface area contributed by atoms with Crippen molar-refractivity contribution in [3.05, 3.63) is 29.8 Å². The second-order valence-electron chi connectivity index (χ2n) is 4.08. The van der Waals surface area contributed by atoms with Crippen molar-refractivity contribution in [3.8, 4) is 0 Å². The van der Waals surface area contributed by atoms with E-state index in [0.29, 0.717) is 25.3 Å². The molecule has 18 heavy (non-hydrogen) atoms. The largest absolute Gasteiger partial charge is 0.449 e. The van der Waals surface area contributed by atoms with Crippen molar-refractivity contribution in [2.24, 2.45) is 5.16 Å². The number of hydrogen-bond acceptors (Lipinski definition) is 4. The molecule has 1 aliphatic rings. The molecule has 2 rings (SSSR count). The first-order valence-electron chi connectivity index (χ1n) is 6.02. The number of carbonyl (C=O) groups excluding carboxylic acids is 1. The number of fused-ring (bicyclic) bond motifs is 1. The number of amides is 1. The molecular weight excluding hydrogens is 232 g/mol. The number of anilines is 1. The predicted octanol–water partition coefficient (Wildman–Crippen LogP) is 2.62. The monoisotopic (exact) mass is 248 g/mol. The van der Waals surface area contributed by atoms with Gasteiger partial charge in [0.2, 0.25) is 0 Å². The molecule has 1 N–H and O–H groups in total. The molecule has 0 aromatic heterocycles. The zero-order valence-electron chi connectivity index (χ0n) is 10.3. The van der Waals surface area contributed by atoms with Crippen LogP contribution in [0.15, 0.2) is 29.4 Å². The standard InChI is InChI=1S/C13H16N2O3/c1-2-9-18-13(16)15-8-7-11(14-17)10-5-3-4-6-12(10)15/h3-6,17H,2,7-9H2,1H3/b14-11-. The molecule has 0 unspecified atom stereocenters. The van der Waals surface area contributed by atoms with Crippen molar-refractivity contribution in [3.63, 3.8) is 0 Å². The van der Waals surface area contributed by atoms with Crippen LogP contribution in [0.3, 0.4) is 0 Å². The average Bonchev–Trinajstić information content (AvgIpc) is 2.43. The number of para-hydroxylation sites is 1. The van der Waals surface area contributed by atoms with Crippen LogP contribution in [-0.2, 0) is 4.74 Å². The summed E-state index contributed by atoms with van der Waals surface area (Å²) in [4.78, 5) is 13.5. The fraction of sp³-hybridized carbons (Fsp3) is 0.385. The molecule has 0 atom stereocenters. The lowest BCUT2D eigenvalue weighted by molar-refractivity contribution is 0.153. The fourth-order valence-corrected chi connectivity index (χ4v) is 1.99. The second kappa shape index (κ2) is 5.53. The van der Waals surface area contributed by atoms with Gasteiger partial charge in [-0.25, -0.2) is 4.79 Å². The van der Waals surface area contributed by atoms with Gasteiger partial charge in [-0.1, -0.05) is 30.3 Å². The summed E-state index contributed by atoms with van der Waals surface area (Å²) in [5.41, 5.74) is 2.11. The predicted molar refractivity (Wildman–Crippen MR) is 68.4 cm³/mol. The molecule has 0 spiro atoms. The molecule has 0 radical (unpaired) electrons. The maximum atomic E-state index is 11.9. The quantitative estimate of drug-likeness (QED) is 0.646. The van der Waals surface area contributed by atoms with E-state index in [4.69, 9.17) is 9.94 Å². The lowest BCUT2D eigenvalue weighted by Crippen LogP contribution is -2.38. The van der Waals surface area contributed by atoms with Gasteiger partial charge in [0.15, 0.2) is 0 Å². The van der Waals surface area contributed by atoms with E-state index in [1.807, 2.05) is 31.2 Å². The van der Waals surface area contributed by atoms with Gasteiger partial charge in [0.1, 0.15) is 0 Å². The van der Waals surface area contributed by atoms with Crippen molar-refractivity contribution in [1.29, 1.82) is 0 Å². The number of benzene rings is 1. The molecule has 1 aliphatic heterocycles. The topological polar surface area (TPSA) is 62.1 Å². The molecule has 0 saturated carbocycles. The lowest BCUT2D eigenvalue weighted by atomic mass is 10.0. The highest BCUT2D eigenvalue weighted by Crippen LogP contribution is 2.27. The summed E-state index contributed by atoms with van der Waals surface area (Å²) >= 11 is 0. The summed E-state index contributed by atoms with van der Waals surface area (Å²) in [6.45, 7) is 2.84. The minimum atomic E-state index is -0.346. The summed E-state index contributed by atoms with van der Waals surface area (Å²) in [6, 6.07) is 7.36.